The third-order valence-corrected chi connectivity index (χ3v) is 4.11. The Hall–Kier alpha value is -1.18. The molecule has 0 amide bonds. The molecule has 0 radical (unpaired) electrons. The summed E-state index contributed by atoms with van der Waals surface area (Å²) < 4.78 is 0. The molecule has 0 heterocycles. The number of hydrogen-bond acceptors (Lipinski definition) is 2. The van der Waals surface area contributed by atoms with Gasteiger partial charge in [-0.25, -0.2) is 0 Å². The largest absolute Gasteiger partial charge is 0.398 e. The second kappa shape index (κ2) is 4.36. The molecule has 0 aromatic heterocycles. The summed E-state index contributed by atoms with van der Waals surface area (Å²) in [4.78, 5) is 0. The zero-order valence-electron chi connectivity index (χ0n) is 10.3. The summed E-state index contributed by atoms with van der Waals surface area (Å²) in [6.07, 6.45) is 5.42. The van der Waals surface area contributed by atoms with Gasteiger partial charge in [-0.2, -0.15) is 0 Å². The van der Waals surface area contributed by atoms with Crippen molar-refractivity contribution in [2.45, 2.75) is 39.5 Å². The molecule has 1 aromatic rings. The summed E-state index contributed by atoms with van der Waals surface area (Å²) in [5, 5.41) is 3.53. The van der Waals surface area contributed by atoms with Crippen LogP contribution in [-0.4, -0.2) is 6.54 Å². The zero-order valence-corrected chi connectivity index (χ0v) is 10.3. The fourth-order valence-electron chi connectivity index (χ4n) is 2.37. The molecule has 16 heavy (non-hydrogen) atoms. The number of benzene rings is 1. The Morgan fingerprint density at radius 2 is 2.12 bits per heavy atom. The van der Waals surface area contributed by atoms with E-state index in [1.807, 2.05) is 13.0 Å². The number of aryl methyl sites for hydroxylation is 1. The number of nitrogens with two attached hydrogens (primary N) is 1. The molecule has 1 saturated carbocycles. The molecular formula is C14H22N2. The minimum atomic E-state index is 0.555. The van der Waals surface area contributed by atoms with E-state index in [1.54, 1.807) is 0 Å². The number of nitrogen functional groups attached to an aromatic ring is 1. The summed E-state index contributed by atoms with van der Waals surface area (Å²) in [5.41, 5.74) is 9.64. The zero-order chi connectivity index (χ0) is 11.6. The molecular weight excluding hydrogens is 196 g/mol. The van der Waals surface area contributed by atoms with Crippen LogP contribution in [0.25, 0.3) is 0 Å². The smallest absolute Gasteiger partial charge is 0.0364 e. The topological polar surface area (TPSA) is 38.0 Å². The third-order valence-electron chi connectivity index (χ3n) is 4.11. The number of rotatable bonds is 4. The first-order valence-corrected chi connectivity index (χ1v) is 6.25. The maximum Gasteiger partial charge on any atom is 0.0364 e. The second-order valence-electron chi connectivity index (χ2n) is 5.13. The fourth-order valence-corrected chi connectivity index (χ4v) is 2.37. The van der Waals surface area contributed by atoms with Crippen LogP contribution in [0.15, 0.2) is 18.2 Å². The highest BCUT2D eigenvalue weighted by molar-refractivity contribution is 5.58. The van der Waals surface area contributed by atoms with E-state index in [9.17, 15) is 0 Å². The molecule has 0 bridgehead atoms. The summed E-state index contributed by atoms with van der Waals surface area (Å²) in [6, 6.07) is 6.24. The molecule has 2 nitrogen and oxygen atoms in total. The molecule has 0 aliphatic heterocycles. The number of hydrogen-bond donors (Lipinski definition) is 2. The SMILES string of the molecule is CCC1(CNc2ccc(C)c(N)c2)CCC1. The minimum Gasteiger partial charge on any atom is -0.398 e. The van der Waals surface area contributed by atoms with Crippen LogP contribution in [0.2, 0.25) is 0 Å². The molecule has 3 N–H and O–H groups in total. The summed E-state index contributed by atoms with van der Waals surface area (Å²) >= 11 is 0. The second-order valence-corrected chi connectivity index (χ2v) is 5.13. The summed E-state index contributed by atoms with van der Waals surface area (Å²) in [5.74, 6) is 0. The molecule has 1 aliphatic carbocycles. The van der Waals surface area contributed by atoms with Crippen molar-refractivity contribution in [3.8, 4) is 0 Å². The lowest BCUT2D eigenvalue weighted by atomic mass is 9.67. The van der Waals surface area contributed by atoms with Crippen LogP contribution in [0.4, 0.5) is 11.4 Å². The van der Waals surface area contributed by atoms with E-state index >= 15 is 0 Å². The normalized spacial score (nSPS) is 17.9. The Labute approximate surface area is 98.2 Å². The molecule has 0 saturated heterocycles. The standard InChI is InChI=1S/C14H22N2/c1-3-14(7-4-8-14)10-16-12-6-5-11(2)13(15)9-12/h5-6,9,16H,3-4,7-8,10,15H2,1-2H3. The van der Waals surface area contributed by atoms with Gasteiger partial charge in [0.05, 0.1) is 0 Å². The van der Waals surface area contributed by atoms with Gasteiger partial charge >= 0.3 is 0 Å². The van der Waals surface area contributed by atoms with Crippen molar-refractivity contribution in [3.63, 3.8) is 0 Å². The lowest BCUT2D eigenvalue weighted by Crippen LogP contribution is -2.35. The Balaban J connectivity index is 1.96. The van der Waals surface area contributed by atoms with Crippen molar-refractivity contribution in [1.29, 1.82) is 0 Å². The Morgan fingerprint density at radius 3 is 2.62 bits per heavy atom. The monoisotopic (exact) mass is 218 g/mol. The van der Waals surface area contributed by atoms with E-state index < -0.39 is 0 Å². The third kappa shape index (κ3) is 2.16. The predicted octanol–water partition coefficient (Wildman–Crippen LogP) is 3.57. The van der Waals surface area contributed by atoms with Crippen LogP contribution >= 0.6 is 0 Å². The van der Waals surface area contributed by atoms with Gasteiger partial charge in [0.1, 0.15) is 0 Å². The van der Waals surface area contributed by atoms with Gasteiger partial charge in [0.25, 0.3) is 0 Å². The Bertz CT molecular complexity index is 361. The van der Waals surface area contributed by atoms with E-state index in [4.69, 9.17) is 5.73 Å². The van der Waals surface area contributed by atoms with Crippen LogP contribution in [0.3, 0.4) is 0 Å². The lowest BCUT2D eigenvalue weighted by Gasteiger charge is -2.41. The van der Waals surface area contributed by atoms with Crippen LogP contribution < -0.4 is 11.1 Å². The maximum atomic E-state index is 5.90. The van der Waals surface area contributed by atoms with Crippen LogP contribution in [-0.2, 0) is 0 Å². The molecule has 0 atom stereocenters. The molecule has 1 aliphatic rings. The van der Waals surface area contributed by atoms with Crippen molar-refractivity contribution >= 4 is 11.4 Å². The molecule has 1 aromatic carbocycles. The Morgan fingerprint density at radius 1 is 1.38 bits per heavy atom. The molecule has 0 spiro atoms. The van der Waals surface area contributed by atoms with E-state index in [0.29, 0.717) is 5.41 Å². The summed E-state index contributed by atoms with van der Waals surface area (Å²) in [6.45, 7) is 5.43. The minimum absolute atomic E-state index is 0.555. The maximum absolute atomic E-state index is 5.90. The highest BCUT2D eigenvalue weighted by Crippen LogP contribution is 2.43. The lowest BCUT2D eigenvalue weighted by molar-refractivity contribution is 0.145. The van der Waals surface area contributed by atoms with Crippen molar-refractivity contribution < 1.29 is 0 Å². The van der Waals surface area contributed by atoms with Crippen LogP contribution in [0.1, 0.15) is 38.2 Å². The number of anilines is 2. The fraction of sp³-hybridized carbons (Fsp3) is 0.571. The van der Waals surface area contributed by atoms with Gasteiger partial charge in [-0.15, -0.1) is 0 Å². The highest BCUT2D eigenvalue weighted by atomic mass is 14.9. The molecule has 88 valence electrons. The molecule has 2 rings (SSSR count). The van der Waals surface area contributed by atoms with Gasteiger partial charge in [-0.05, 0) is 49.3 Å². The average Bonchev–Trinajstić information content (AvgIpc) is 2.22. The van der Waals surface area contributed by atoms with Gasteiger partial charge in [-0.1, -0.05) is 19.4 Å². The molecule has 2 heteroatoms. The average molecular weight is 218 g/mol. The highest BCUT2D eigenvalue weighted by Gasteiger charge is 2.34. The van der Waals surface area contributed by atoms with Crippen molar-refractivity contribution in [2.24, 2.45) is 5.41 Å². The van der Waals surface area contributed by atoms with E-state index in [0.717, 1.165) is 23.5 Å². The van der Waals surface area contributed by atoms with E-state index in [1.165, 1.54) is 25.7 Å². The van der Waals surface area contributed by atoms with E-state index in [-0.39, 0.29) is 0 Å². The first-order chi connectivity index (χ1) is 7.65. The summed E-state index contributed by atoms with van der Waals surface area (Å²) in [7, 11) is 0. The Kier molecular flexibility index (Phi) is 3.08. The van der Waals surface area contributed by atoms with E-state index in [2.05, 4.69) is 24.4 Å². The van der Waals surface area contributed by atoms with Crippen molar-refractivity contribution in [2.75, 3.05) is 17.6 Å². The van der Waals surface area contributed by atoms with Gasteiger partial charge in [-0.3, -0.25) is 0 Å². The van der Waals surface area contributed by atoms with Crippen LogP contribution in [0, 0.1) is 12.3 Å². The first-order valence-electron chi connectivity index (χ1n) is 6.25. The van der Waals surface area contributed by atoms with Crippen molar-refractivity contribution in [1.82, 2.24) is 0 Å². The van der Waals surface area contributed by atoms with Crippen molar-refractivity contribution in [3.05, 3.63) is 23.8 Å². The molecule has 0 unspecified atom stereocenters. The van der Waals surface area contributed by atoms with Gasteiger partial charge < -0.3 is 11.1 Å². The van der Waals surface area contributed by atoms with Gasteiger partial charge in [0.2, 0.25) is 0 Å². The van der Waals surface area contributed by atoms with Gasteiger partial charge in [0, 0.05) is 17.9 Å². The quantitative estimate of drug-likeness (QED) is 0.758. The van der Waals surface area contributed by atoms with Gasteiger partial charge in [0.15, 0.2) is 0 Å². The van der Waals surface area contributed by atoms with Crippen LogP contribution in [0.5, 0.6) is 0 Å². The molecule has 1 fully saturated rings. The number of nitrogens with one attached hydrogen (secondary N) is 1. The predicted molar refractivity (Wildman–Crippen MR) is 70.7 cm³/mol. The first kappa shape index (κ1) is 11.3.